The molecular formula is C20H28N4OS. The van der Waals surface area contributed by atoms with Gasteiger partial charge in [-0.05, 0) is 32.3 Å². The summed E-state index contributed by atoms with van der Waals surface area (Å²) in [5, 5.41) is 7.89. The summed E-state index contributed by atoms with van der Waals surface area (Å²) in [6.07, 6.45) is 3.91. The first kappa shape index (κ1) is 19.0. The largest absolute Gasteiger partial charge is 0.344 e. The maximum absolute atomic E-state index is 12.4. The molecule has 6 heteroatoms. The van der Waals surface area contributed by atoms with Crippen molar-refractivity contribution in [3.8, 4) is 0 Å². The molecule has 2 aromatic rings. The van der Waals surface area contributed by atoms with Crippen molar-refractivity contribution in [2.24, 2.45) is 0 Å². The van der Waals surface area contributed by atoms with Crippen molar-refractivity contribution in [3.63, 3.8) is 0 Å². The fourth-order valence-electron chi connectivity index (χ4n) is 3.01. The first-order valence-corrected chi connectivity index (χ1v) is 10.4. The SMILES string of the molecule is CCCCn1nc(CCc2ccccc2)nc1[C@@H]1CSC(C)(C)C(=O)N1. The highest BCUT2D eigenvalue weighted by molar-refractivity contribution is 8.01. The van der Waals surface area contributed by atoms with Crippen LogP contribution in [-0.4, -0.2) is 31.2 Å². The van der Waals surface area contributed by atoms with E-state index in [9.17, 15) is 4.79 Å². The summed E-state index contributed by atoms with van der Waals surface area (Å²) in [7, 11) is 0. The number of aryl methyl sites for hydroxylation is 3. The molecular weight excluding hydrogens is 344 g/mol. The van der Waals surface area contributed by atoms with Crippen LogP contribution in [0.15, 0.2) is 30.3 Å². The zero-order valence-corrected chi connectivity index (χ0v) is 16.7. The molecule has 140 valence electrons. The predicted molar refractivity (Wildman–Crippen MR) is 106 cm³/mol. The quantitative estimate of drug-likeness (QED) is 0.807. The van der Waals surface area contributed by atoms with Crippen molar-refractivity contribution in [1.82, 2.24) is 20.1 Å². The van der Waals surface area contributed by atoms with E-state index in [1.807, 2.05) is 24.6 Å². The number of unbranched alkanes of at least 4 members (excludes halogenated alkanes) is 1. The average molecular weight is 373 g/mol. The molecule has 0 aliphatic carbocycles. The van der Waals surface area contributed by atoms with Crippen molar-refractivity contribution in [1.29, 1.82) is 0 Å². The van der Waals surface area contributed by atoms with Crippen LogP contribution in [-0.2, 0) is 24.2 Å². The minimum Gasteiger partial charge on any atom is -0.344 e. The lowest BCUT2D eigenvalue weighted by molar-refractivity contribution is -0.123. The molecule has 26 heavy (non-hydrogen) atoms. The number of benzene rings is 1. The maximum Gasteiger partial charge on any atom is 0.236 e. The molecule has 2 heterocycles. The normalized spacial score (nSPS) is 19.3. The molecule has 1 fully saturated rings. The summed E-state index contributed by atoms with van der Waals surface area (Å²) in [5.74, 6) is 2.68. The Kier molecular flexibility index (Phi) is 6.01. The predicted octanol–water partition coefficient (Wildman–Crippen LogP) is 3.55. The van der Waals surface area contributed by atoms with Gasteiger partial charge in [0.2, 0.25) is 5.91 Å². The lowest BCUT2D eigenvalue weighted by atomic mass is 10.1. The van der Waals surface area contributed by atoms with Crippen molar-refractivity contribution in [2.75, 3.05) is 5.75 Å². The highest BCUT2D eigenvalue weighted by Crippen LogP contribution is 2.34. The number of nitrogens with one attached hydrogen (secondary N) is 1. The van der Waals surface area contributed by atoms with Crippen LogP contribution in [0.5, 0.6) is 0 Å². The molecule has 1 amide bonds. The van der Waals surface area contributed by atoms with E-state index in [4.69, 9.17) is 10.1 Å². The number of carbonyl (C=O) groups is 1. The lowest BCUT2D eigenvalue weighted by Gasteiger charge is -2.33. The third-order valence-corrected chi connectivity index (χ3v) is 6.13. The van der Waals surface area contributed by atoms with Gasteiger partial charge in [0.05, 0.1) is 10.8 Å². The summed E-state index contributed by atoms with van der Waals surface area (Å²) in [6, 6.07) is 10.4. The van der Waals surface area contributed by atoms with E-state index in [1.165, 1.54) is 5.56 Å². The van der Waals surface area contributed by atoms with E-state index >= 15 is 0 Å². The summed E-state index contributed by atoms with van der Waals surface area (Å²) in [6.45, 7) is 6.96. The molecule has 1 atom stereocenters. The number of nitrogens with zero attached hydrogens (tertiary/aromatic N) is 3. The highest BCUT2D eigenvalue weighted by atomic mass is 32.2. The van der Waals surface area contributed by atoms with E-state index in [-0.39, 0.29) is 16.7 Å². The van der Waals surface area contributed by atoms with Crippen molar-refractivity contribution < 1.29 is 4.79 Å². The lowest BCUT2D eigenvalue weighted by Crippen LogP contribution is -2.48. The summed E-state index contributed by atoms with van der Waals surface area (Å²) >= 11 is 1.69. The van der Waals surface area contributed by atoms with Gasteiger partial charge in [0.1, 0.15) is 0 Å². The summed E-state index contributed by atoms with van der Waals surface area (Å²) < 4.78 is 1.63. The summed E-state index contributed by atoms with van der Waals surface area (Å²) in [4.78, 5) is 17.2. The van der Waals surface area contributed by atoms with E-state index in [0.29, 0.717) is 0 Å². The van der Waals surface area contributed by atoms with Gasteiger partial charge in [0, 0.05) is 18.7 Å². The Balaban J connectivity index is 1.75. The first-order chi connectivity index (χ1) is 12.5. The van der Waals surface area contributed by atoms with Crippen molar-refractivity contribution in [3.05, 3.63) is 47.5 Å². The van der Waals surface area contributed by atoms with Gasteiger partial charge in [-0.15, -0.1) is 11.8 Å². The average Bonchev–Trinajstić information content (AvgIpc) is 3.04. The molecule has 0 radical (unpaired) electrons. The fourth-order valence-corrected chi connectivity index (χ4v) is 4.02. The molecule has 0 saturated carbocycles. The molecule has 0 unspecified atom stereocenters. The number of rotatable bonds is 7. The van der Waals surface area contributed by atoms with E-state index in [2.05, 4.69) is 36.5 Å². The third kappa shape index (κ3) is 4.47. The number of hydrogen-bond donors (Lipinski definition) is 1. The van der Waals surface area contributed by atoms with Gasteiger partial charge in [-0.3, -0.25) is 4.79 Å². The van der Waals surface area contributed by atoms with Gasteiger partial charge >= 0.3 is 0 Å². The molecule has 1 saturated heterocycles. The highest BCUT2D eigenvalue weighted by Gasteiger charge is 2.37. The van der Waals surface area contributed by atoms with Crippen LogP contribution >= 0.6 is 11.8 Å². The number of aromatic nitrogens is 3. The van der Waals surface area contributed by atoms with Crippen LogP contribution in [0, 0.1) is 0 Å². The molecule has 1 aromatic carbocycles. The van der Waals surface area contributed by atoms with Crippen LogP contribution in [0.3, 0.4) is 0 Å². The van der Waals surface area contributed by atoms with Crippen molar-refractivity contribution in [2.45, 2.75) is 63.8 Å². The van der Waals surface area contributed by atoms with Crippen LogP contribution in [0.1, 0.15) is 56.9 Å². The zero-order valence-electron chi connectivity index (χ0n) is 15.9. The molecule has 0 spiro atoms. The maximum atomic E-state index is 12.4. The van der Waals surface area contributed by atoms with Crippen LogP contribution in [0.25, 0.3) is 0 Å². The number of hydrogen-bond acceptors (Lipinski definition) is 4. The second-order valence-electron chi connectivity index (χ2n) is 7.30. The van der Waals surface area contributed by atoms with Gasteiger partial charge in [0.25, 0.3) is 0 Å². The number of carbonyl (C=O) groups excluding carboxylic acids is 1. The van der Waals surface area contributed by atoms with Gasteiger partial charge in [-0.1, -0.05) is 43.7 Å². The smallest absolute Gasteiger partial charge is 0.236 e. The molecule has 1 aliphatic rings. The Labute approximate surface area is 160 Å². The van der Waals surface area contributed by atoms with E-state index < -0.39 is 0 Å². The minimum absolute atomic E-state index is 0.0599. The van der Waals surface area contributed by atoms with Crippen LogP contribution < -0.4 is 5.32 Å². The van der Waals surface area contributed by atoms with Gasteiger partial charge in [-0.2, -0.15) is 5.10 Å². The standard InChI is InChI=1S/C20H28N4OS/c1-4-5-13-24-18(16-14-26-20(2,3)19(25)21-16)22-17(23-24)12-11-15-9-7-6-8-10-15/h6-10,16H,4-5,11-14H2,1-3H3,(H,21,25)/t16-/m0/s1. The number of thioether (sulfide) groups is 1. The monoisotopic (exact) mass is 372 g/mol. The van der Waals surface area contributed by atoms with Gasteiger partial charge < -0.3 is 5.32 Å². The molecule has 0 bridgehead atoms. The van der Waals surface area contributed by atoms with Gasteiger partial charge in [0.15, 0.2) is 11.6 Å². The Morgan fingerprint density at radius 3 is 2.73 bits per heavy atom. The van der Waals surface area contributed by atoms with E-state index in [1.54, 1.807) is 11.8 Å². The second kappa shape index (κ2) is 8.25. The Morgan fingerprint density at radius 1 is 1.27 bits per heavy atom. The third-order valence-electron chi connectivity index (χ3n) is 4.72. The van der Waals surface area contributed by atoms with Gasteiger partial charge in [-0.25, -0.2) is 9.67 Å². The molecule has 1 N–H and O–H groups in total. The molecule has 3 rings (SSSR count). The van der Waals surface area contributed by atoms with Crippen LogP contribution in [0.2, 0.25) is 0 Å². The topological polar surface area (TPSA) is 59.8 Å². The fraction of sp³-hybridized carbons (Fsp3) is 0.550. The summed E-state index contributed by atoms with van der Waals surface area (Å²) in [5.41, 5.74) is 1.29. The molecule has 1 aromatic heterocycles. The Bertz CT molecular complexity index is 742. The number of amides is 1. The van der Waals surface area contributed by atoms with E-state index in [0.717, 1.165) is 49.6 Å². The Hall–Kier alpha value is -1.82. The minimum atomic E-state index is -0.374. The molecule has 5 nitrogen and oxygen atoms in total. The Morgan fingerprint density at radius 2 is 2.04 bits per heavy atom. The zero-order chi connectivity index (χ0) is 18.6. The second-order valence-corrected chi connectivity index (χ2v) is 8.94. The van der Waals surface area contributed by atoms with Crippen LogP contribution in [0.4, 0.5) is 0 Å². The first-order valence-electron chi connectivity index (χ1n) is 9.42. The molecule has 1 aliphatic heterocycles. The van der Waals surface area contributed by atoms with Crippen molar-refractivity contribution >= 4 is 17.7 Å².